The number of hydrogen-bond donors (Lipinski definition) is 0. The standard InChI is InChI=1S/C17H15N/c1-17(12-18)15-8-4-2-6-13(15)10-11-14-7-3-5-9-16(14)17/h2-9H,10-11H2,1H3. The summed E-state index contributed by atoms with van der Waals surface area (Å²) in [6.07, 6.45) is 2.04. The highest BCUT2D eigenvalue weighted by Crippen LogP contribution is 2.38. The summed E-state index contributed by atoms with van der Waals surface area (Å²) in [5, 5.41) is 9.72. The molecule has 0 bridgehead atoms. The van der Waals surface area contributed by atoms with Crippen LogP contribution in [0, 0.1) is 11.3 Å². The number of aryl methyl sites for hydroxylation is 2. The lowest BCUT2D eigenvalue weighted by Gasteiger charge is -2.24. The van der Waals surface area contributed by atoms with Gasteiger partial charge in [0.2, 0.25) is 0 Å². The minimum atomic E-state index is -0.524. The summed E-state index contributed by atoms with van der Waals surface area (Å²) in [5.41, 5.74) is 4.41. The van der Waals surface area contributed by atoms with E-state index < -0.39 is 5.41 Å². The molecule has 0 atom stereocenters. The highest BCUT2D eigenvalue weighted by molar-refractivity contribution is 5.53. The molecule has 0 radical (unpaired) electrons. The largest absolute Gasteiger partial charge is 0.197 e. The van der Waals surface area contributed by atoms with Gasteiger partial charge in [0.05, 0.1) is 6.07 Å². The zero-order valence-corrected chi connectivity index (χ0v) is 10.5. The van der Waals surface area contributed by atoms with Crippen molar-refractivity contribution in [3.05, 3.63) is 70.8 Å². The minimum absolute atomic E-state index is 0.524. The second-order valence-corrected chi connectivity index (χ2v) is 5.05. The molecule has 18 heavy (non-hydrogen) atoms. The first-order valence-corrected chi connectivity index (χ1v) is 6.34. The lowest BCUT2D eigenvalue weighted by atomic mass is 9.75. The molecule has 1 nitrogen and oxygen atoms in total. The highest BCUT2D eigenvalue weighted by Gasteiger charge is 2.34. The number of rotatable bonds is 0. The van der Waals surface area contributed by atoms with Crippen LogP contribution in [0.3, 0.4) is 0 Å². The van der Waals surface area contributed by atoms with E-state index in [1.165, 1.54) is 11.1 Å². The van der Waals surface area contributed by atoms with E-state index in [1.807, 2.05) is 19.1 Å². The van der Waals surface area contributed by atoms with E-state index in [-0.39, 0.29) is 0 Å². The Morgan fingerprint density at radius 3 is 1.78 bits per heavy atom. The Hall–Kier alpha value is -2.07. The van der Waals surface area contributed by atoms with Crippen molar-refractivity contribution < 1.29 is 0 Å². The Morgan fingerprint density at radius 1 is 0.889 bits per heavy atom. The normalized spacial score (nSPS) is 16.0. The summed E-state index contributed by atoms with van der Waals surface area (Å²) >= 11 is 0. The molecule has 3 rings (SSSR count). The molecule has 0 heterocycles. The molecule has 0 unspecified atom stereocenters. The molecule has 0 amide bonds. The van der Waals surface area contributed by atoms with Gasteiger partial charge in [0.1, 0.15) is 5.41 Å². The van der Waals surface area contributed by atoms with Gasteiger partial charge in [-0.3, -0.25) is 0 Å². The molecule has 0 aliphatic heterocycles. The van der Waals surface area contributed by atoms with E-state index in [9.17, 15) is 5.26 Å². The maximum Gasteiger partial charge on any atom is 0.105 e. The first-order valence-electron chi connectivity index (χ1n) is 6.34. The van der Waals surface area contributed by atoms with Crippen LogP contribution in [0.2, 0.25) is 0 Å². The molecular weight excluding hydrogens is 218 g/mol. The fourth-order valence-electron chi connectivity index (χ4n) is 2.99. The van der Waals surface area contributed by atoms with Crippen molar-refractivity contribution in [3.63, 3.8) is 0 Å². The SMILES string of the molecule is CC1(C#N)c2ccccc2CCc2ccccc21. The van der Waals surface area contributed by atoms with E-state index >= 15 is 0 Å². The van der Waals surface area contributed by atoms with Crippen LogP contribution >= 0.6 is 0 Å². The third-order valence-electron chi connectivity index (χ3n) is 4.00. The van der Waals surface area contributed by atoms with Gasteiger partial charge in [-0.1, -0.05) is 48.5 Å². The van der Waals surface area contributed by atoms with Gasteiger partial charge in [-0.25, -0.2) is 0 Å². The molecule has 0 N–H and O–H groups in total. The molecule has 0 saturated heterocycles. The summed E-state index contributed by atoms with van der Waals surface area (Å²) in [6.45, 7) is 2.04. The maximum atomic E-state index is 9.72. The molecule has 0 fully saturated rings. The predicted octanol–water partition coefficient (Wildman–Crippen LogP) is 3.61. The average Bonchev–Trinajstić information content (AvgIpc) is 2.56. The summed E-state index contributed by atoms with van der Waals surface area (Å²) in [5.74, 6) is 0. The summed E-state index contributed by atoms with van der Waals surface area (Å²) in [6, 6.07) is 19.2. The Morgan fingerprint density at radius 2 is 1.33 bits per heavy atom. The van der Waals surface area contributed by atoms with Crippen molar-refractivity contribution in [1.82, 2.24) is 0 Å². The molecule has 0 aromatic heterocycles. The van der Waals surface area contributed by atoms with Gasteiger partial charge < -0.3 is 0 Å². The quantitative estimate of drug-likeness (QED) is 0.682. The third kappa shape index (κ3) is 1.46. The third-order valence-corrected chi connectivity index (χ3v) is 4.00. The van der Waals surface area contributed by atoms with Gasteiger partial charge in [-0.15, -0.1) is 0 Å². The van der Waals surface area contributed by atoms with Crippen LogP contribution in [0.15, 0.2) is 48.5 Å². The van der Waals surface area contributed by atoms with Crippen molar-refractivity contribution >= 4 is 0 Å². The molecule has 88 valence electrons. The summed E-state index contributed by atoms with van der Waals surface area (Å²) in [7, 11) is 0. The molecule has 0 saturated carbocycles. The van der Waals surface area contributed by atoms with Gasteiger partial charge in [-0.05, 0) is 42.0 Å². The summed E-state index contributed by atoms with van der Waals surface area (Å²) in [4.78, 5) is 0. The summed E-state index contributed by atoms with van der Waals surface area (Å²) < 4.78 is 0. The predicted molar refractivity (Wildman–Crippen MR) is 72.4 cm³/mol. The van der Waals surface area contributed by atoms with Crippen LogP contribution in [0.4, 0.5) is 0 Å². The van der Waals surface area contributed by atoms with Crippen molar-refractivity contribution in [3.8, 4) is 6.07 Å². The minimum Gasteiger partial charge on any atom is -0.197 e. The van der Waals surface area contributed by atoms with Gasteiger partial charge in [0, 0.05) is 0 Å². The lowest BCUT2D eigenvalue weighted by Crippen LogP contribution is -2.22. The van der Waals surface area contributed by atoms with Crippen LogP contribution in [0.5, 0.6) is 0 Å². The Balaban J connectivity index is 2.33. The van der Waals surface area contributed by atoms with Crippen LogP contribution in [-0.4, -0.2) is 0 Å². The van der Waals surface area contributed by atoms with Gasteiger partial charge in [-0.2, -0.15) is 5.26 Å². The van der Waals surface area contributed by atoms with Gasteiger partial charge in [0.25, 0.3) is 0 Å². The number of nitriles is 1. The van der Waals surface area contributed by atoms with Crippen LogP contribution in [0.1, 0.15) is 29.2 Å². The number of hydrogen-bond acceptors (Lipinski definition) is 1. The topological polar surface area (TPSA) is 23.8 Å². The van der Waals surface area contributed by atoms with Crippen LogP contribution in [0.25, 0.3) is 0 Å². The molecule has 1 aliphatic rings. The van der Waals surface area contributed by atoms with E-state index in [0.717, 1.165) is 24.0 Å². The maximum absolute atomic E-state index is 9.72. The molecule has 1 aliphatic carbocycles. The molecule has 2 aromatic rings. The van der Waals surface area contributed by atoms with E-state index in [1.54, 1.807) is 0 Å². The first-order chi connectivity index (χ1) is 8.75. The average molecular weight is 233 g/mol. The zero-order valence-electron chi connectivity index (χ0n) is 10.5. The number of fused-ring (bicyclic) bond motifs is 2. The van der Waals surface area contributed by atoms with Crippen LogP contribution < -0.4 is 0 Å². The lowest BCUT2D eigenvalue weighted by molar-refractivity contribution is 0.735. The van der Waals surface area contributed by atoms with E-state index in [0.29, 0.717) is 0 Å². The van der Waals surface area contributed by atoms with Crippen molar-refractivity contribution in [2.75, 3.05) is 0 Å². The number of nitrogens with zero attached hydrogens (tertiary/aromatic N) is 1. The van der Waals surface area contributed by atoms with Crippen molar-refractivity contribution in [1.29, 1.82) is 5.26 Å². The Bertz CT molecular complexity index is 587. The monoisotopic (exact) mass is 233 g/mol. The van der Waals surface area contributed by atoms with Gasteiger partial charge >= 0.3 is 0 Å². The molecule has 1 heteroatoms. The molecular formula is C17H15N. The second-order valence-electron chi connectivity index (χ2n) is 5.05. The van der Waals surface area contributed by atoms with Gasteiger partial charge in [0.15, 0.2) is 0 Å². The highest BCUT2D eigenvalue weighted by atomic mass is 14.4. The van der Waals surface area contributed by atoms with Crippen molar-refractivity contribution in [2.24, 2.45) is 0 Å². The van der Waals surface area contributed by atoms with Crippen LogP contribution in [-0.2, 0) is 18.3 Å². The Kier molecular flexibility index (Phi) is 2.45. The number of benzene rings is 2. The fourth-order valence-corrected chi connectivity index (χ4v) is 2.99. The van der Waals surface area contributed by atoms with E-state index in [4.69, 9.17) is 0 Å². The second kappa shape index (κ2) is 3.99. The fraction of sp³-hybridized carbons (Fsp3) is 0.235. The molecule has 2 aromatic carbocycles. The zero-order chi connectivity index (χ0) is 12.6. The first kappa shape index (κ1) is 11.0. The smallest absolute Gasteiger partial charge is 0.105 e. The molecule has 0 spiro atoms. The van der Waals surface area contributed by atoms with Crippen molar-refractivity contribution in [2.45, 2.75) is 25.2 Å². The Labute approximate surface area is 108 Å². The van der Waals surface area contributed by atoms with E-state index in [2.05, 4.69) is 42.5 Å².